The number of hydrogen-bond donors (Lipinski definition) is 1. The zero-order valence-corrected chi connectivity index (χ0v) is 13.4. The van der Waals surface area contributed by atoms with E-state index in [0.717, 1.165) is 11.4 Å². The summed E-state index contributed by atoms with van der Waals surface area (Å²) in [4.78, 5) is 32.1. The van der Waals surface area contributed by atoms with Crippen molar-refractivity contribution in [1.82, 2.24) is 19.6 Å². The summed E-state index contributed by atoms with van der Waals surface area (Å²) < 4.78 is 6.14. The van der Waals surface area contributed by atoms with Crippen molar-refractivity contribution in [2.75, 3.05) is 12.4 Å². The maximum Gasteiger partial charge on any atom is 0.337 e. The normalized spacial score (nSPS) is 10.6. The number of nitrogens with zero attached hydrogens (tertiary/aromatic N) is 4. The number of methoxy groups -OCH3 is 1. The molecule has 0 aliphatic heterocycles. The Morgan fingerprint density at radius 1 is 1.12 bits per heavy atom. The van der Waals surface area contributed by atoms with Gasteiger partial charge in [-0.1, -0.05) is 0 Å². The van der Waals surface area contributed by atoms with Crippen LogP contribution in [-0.2, 0) is 4.74 Å². The Labute approximate surface area is 137 Å². The number of hydrogen-bond acceptors (Lipinski definition) is 6. The van der Waals surface area contributed by atoms with Crippen LogP contribution in [0.1, 0.15) is 32.4 Å². The SMILES string of the molecule is COC(=O)c1ccc(NC(=O)c2nc3nc(C)cc(C)n3n2)cc1. The van der Waals surface area contributed by atoms with Crippen LogP contribution in [0.15, 0.2) is 30.3 Å². The summed E-state index contributed by atoms with van der Waals surface area (Å²) in [6, 6.07) is 8.19. The van der Waals surface area contributed by atoms with Gasteiger partial charge in [0.1, 0.15) is 0 Å². The monoisotopic (exact) mass is 325 g/mol. The molecule has 0 aliphatic rings. The first kappa shape index (κ1) is 15.6. The molecule has 1 amide bonds. The molecule has 1 aromatic carbocycles. The van der Waals surface area contributed by atoms with Gasteiger partial charge in [-0.15, -0.1) is 5.10 Å². The molecule has 24 heavy (non-hydrogen) atoms. The van der Waals surface area contributed by atoms with E-state index in [-0.39, 0.29) is 5.82 Å². The number of nitrogens with one attached hydrogen (secondary N) is 1. The number of carbonyl (C=O) groups is 2. The van der Waals surface area contributed by atoms with E-state index in [1.807, 2.05) is 19.9 Å². The van der Waals surface area contributed by atoms with Crippen molar-refractivity contribution in [1.29, 1.82) is 0 Å². The van der Waals surface area contributed by atoms with Gasteiger partial charge in [-0.05, 0) is 44.2 Å². The lowest BCUT2D eigenvalue weighted by Crippen LogP contribution is -2.14. The van der Waals surface area contributed by atoms with Gasteiger partial charge in [0.25, 0.3) is 11.7 Å². The van der Waals surface area contributed by atoms with Crippen LogP contribution in [0.3, 0.4) is 0 Å². The number of aromatic nitrogens is 4. The highest BCUT2D eigenvalue weighted by Crippen LogP contribution is 2.12. The second-order valence-corrected chi connectivity index (χ2v) is 5.21. The first-order chi connectivity index (χ1) is 11.5. The standard InChI is InChI=1S/C16H15N5O3/c1-9-8-10(2)21-16(17-9)19-13(20-21)14(22)18-12-6-4-11(5-7-12)15(23)24-3/h4-8H,1-3H3,(H,18,22). The van der Waals surface area contributed by atoms with Crippen molar-refractivity contribution in [3.63, 3.8) is 0 Å². The predicted octanol–water partition coefficient (Wildman–Crippen LogP) is 1.78. The number of esters is 1. The molecule has 8 nitrogen and oxygen atoms in total. The Balaban J connectivity index is 1.82. The van der Waals surface area contributed by atoms with Gasteiger partial charge in [0.15, 0.2) is 0 Å². The summed E-state index contributed by atoms with van der Waals surface area (Å²) in [7, 11) is 1.31. The summed E-state index contributed by atoms with van der Waals surface area (Å²) in [6.45, 7) is 3.72. The van der Waals surface area contributed by atoms with E-state index < -0.39 is 11.9 Å². The third-order valence-corrected chi connectivity index (χ3v) is 3.39. The number of aryl methyl sites for hydroxylation is 2. The number of fused-ring (bicyclic) bond motifs is 1. The Bertz CT molecular complexity index is 931. The zero-order valence-electron chi connectivity index (χ0n) is 13.4. The van der Waals surface area contributed by atoms with Crippen LogP contribution in [0.4, 0.5) is 5.69 Å². The Hall–Kier alpha value is -3.29. The van der Waals surface area contributed by atoms with Crippen LogP contribution in [0, 0.1) is 13.8 Å². The van der Waals surface area contributed by atoms with Crippen molar-refractivity contribution < 1.29 is 14.3 Å². The molecule has 0 saturated heterocycles. The summed E-state index contributed by atoms with van der Waals surface area (Å²) in [5.74, 6) is -0.498. The lowest BCUT2D eigenvalue weighted by atomic mass is 10.2. The molecule has 0 unspecified atom stereocenters. The van der Waals surface area contributed by atoms with Crippen molar-refractivity contribution in [3.8, 4) is 0 Å². The lowest BCUT2D eigenvalue weighted by molar-refractivity contribution is 0.0600. The minimum Gasteiger partial charge on any atom is -0.465 e. The number of ether oxygens (including phenoxy) is 1. The molecule has 3 rings (SSSR count). The fourth-order valence-corrected chi connectivity index (χ4v) is 2.26. The third-order valence-electron chi connectivity index (χ3n) is 3.39. The molecule has 0 saturated carbocycles. The van der Waals surface area contributed by atoms with E-state index in [1.165, 1.54) is 11.6 Å². The Kier molecular flexibility index (Phi) is 3.95. The number of amides is 1. The summed E-state index contributed by atoms with van der Waals surface area (Å²) in [5, 5.41) is 6.85. The van der Waals surface area contributed by atoms with E-state index in [4.69, 9.17) is 0 Å². The van der Waals surface area contributed by atoms with Crippen LogP contribution in [-0.4, -0.2) is 38.6 Å². The molecule has 0 aliphatic carbocycles. The molecule has 2 aromatic heterocycles. The molecule has 0 bridgehead atoms. The fraction of sp³-hybridized carbons (Fsp3) is 0.188. The van der Waals surface area contributed by atoms with Gasteiger partial charge < -0.3 is 10.1 Å². The summed E-state index contributed by atoms with van der Waals surface area (Å²) in [5.41, 5.74) is 2.56. The number of rotatable bonds is 3. The molecular formula is C16H15N5O3. The highest BCUT2D eigenvalue weighted by atomic mass is 16.5. The van der Waals surface area contributed by atoms with E-state index >= 15 is 0 Å². The van der Waals surface area contributed by atoms with Gasteiger partial charge in [-0.2, -0.15) is 4.98 Å². The number of anilines is 1. The molecule has 0 spiro atoms. The second-order valence-electron chi connectivity index (χ2n) is 5.21. The zero-order chi connectivity index (χ0) is 17.3. The third kappa shape index (κ3) is 2.94. The summed E-state index contributed by atoms with van der Waals surface area (Å²) >= 11 is 0. The molecule has 3 aromatic rings. The number of benzene rings is 1. The molecule has 0 fully saturated rings. The fourth-order valence-electron chi connectivity index (χ4n) is 2.26. The van der Waals surface area contributed by atoms with E-state index in [1.54, 1.807) is 24.3 Å². The van der Waals surface area contributed by atoms with Crippen LogP contribution in [0.25, 0.3) is 5.78 Å². The van der Waals surface area contributed by atoms with Gasteiger partial charge in [0, 0.05) is 17.1 Å². The maximum absolute atomic E-state index is 12.3. The number of carbonyl (C=O) groups excluding carboxylic acids is 2. The first-order valence-corrected chi connectivity index (χ1v) is 7.18. The lowest BCUT2D eigenvalue weighted by Gasteiger charge is -2.03. The Morgan fingerprint density at radius 2 is 1.83 bits per heavy atom. The van der Waals surface area contributed by atoms with Crippen LogP contribution in [0.2, 0.25) is 0 Å². The minimum absolute atomic E-state index is 0.0215. The molecule has 8 heteroatoms. The summed E-state index contributed by atoms with van der Waals surface area (Å²) in [6.07, 6.45) is 0. The van der Waals surface area contributed by atoms with Gasteiger partial charge in [0.2, 0.25) is 5.82 Å². The van der Waals surface area contributed by atoms with Gasteiger partial charge in [-0.3, -0.25) is 4.79 Å². The highest BCUT2D eigenvalue weighted by molar-refractivity contribution is 6.02. The van der Waals surface area contributed by atoms with Crippen molar-refractivity contribution in [2.24, 2.45) is 0 Å². The Morgan fingerprint density at radius 3 is 2.50 bits per heavy atom. The molecular weight excluding hydrogens is 310 g/mol. The minimum atomic E-state index is -0.455. The first-order valence-electron chi connectivity index (χ1n) is 7.18. The van der Waals surface area contributed by atoms with E-state index in [2.05, 4.69) is 25.1 Å². The largest absolute Gasteiger partial charge is 0.465 e. The molecule has 2 heterocycles. The predicted molar refractivity (Wildman–Crippen MR) is 86.0 cm³/mol. The van der Waals surface area contributed by atoms with Crippen LogP contribution >= 0.6 is 0 Å². The smallest absolute Gasteiger partial charge is 0.337 e. The van der Waals surface area contributed by atoms with Crippen LogP contribution in [0.5, 0.6) is 0 Å². The topological polar surface area (TPSA) is 98.5 Å². The second kappa shape index (κ2) is 6.07. The van der Waals surface area contributed by atoms with E-state index in [0.29, 0.717) is 17.0 Å². The molecule has 0 atom stereocenters. The van der Waals surface area contributed by atoms with Crippen LogP contribution < -0.4 is 5.32 Å². The van der Waals surface area contributed by atoms with Gasteiger partial charge >= 0.3 is 5.97 Å². The average molecular weight is 325 g/mol. The molecule has 0 radical (unpaired) electrons. The maximum atomic E-state index is 12.3. The molecule has 122 valence electrons. The quantitative estimate of drug-likeness (QED) is 0.737. The van der Waals surface area contributed by atoms with Crippen molar-refractivity contribution in [3.05, 3.63) is 53.1 Å². The highest BCUT2D eigenvalue weighted by Gasteiger charge is 2.15. The van der Waals surface area contributed by atoms with Crippen molar-refractivity contribution in [2.45, 2.75) is 13.8 Å². The van der Waals surface area contributed by atoms with Gasteiger partial charge in [0.05, 0.1) is 12.7 Å². The van der Waals surface area contributed by atoms with Gasteiger partial charge in [-0.25, -0.2) is 14.3 Å². The molecule has 1 N–H and O–H groups in total. The van der Waals surface area contributed by atoms with Crippen molar-refractivity contribution >= 4 is 23.3 Å². The van der Waals surface area contributed by atoms with E-state index in [9.17, 15) is 9.59 Å². The average Bonchev–Trinajstić information content (AvgIpc) is 2.99.